The number of aliphatic carboxylic acids is 1. The highest BCUT2D eigenvalue weighted by atomic mass is 16.4. The molecule has 0 bridgehead atoms. The average molecular weight is 282 g/mol. The Morgan fingerprint density at radius 1 is 1.00 bits per heavy atom. The van der Waals surface area contributed by atoms with Crippen molar-refractivity contribution in [3.8, 4) is 0 Å². The quantitative estimate of drug-likeness (QED) is 0.804. The molecule has 3 atom stereocenters. The summed E-state index contributed by atoms with van der Waals surface area (Å²) in [7, 11) is 0. The first kappa shape index (κ1) is 15.1. The topological polar surface area (TPSA) is 60.9 Å². The highest BCUT2D eigenvalue weighted by molar-refractivity contribution is 5.83. The Labute approximate surface area is 120 Å². The Kier molecular flexibility index (Phi) is 4.89. The number of carbonyl (C=O) groups excluding carboxylic acids is 1. The molecule has 3 unspecified atom stereocenters. The molecule has 2 aliphatic heterocycles. The number of carbonyl (C=O) groups is 2. The summed E-state index contributed by atoms with van der Waals surface area (Å²) in [4.78, 5) is 27.7. The molecule has 2 fully saturated rings. The molecule has 2 amide bonds. The van der Waals surface area contributed by atoms with E-state index in [4.69, 9.17) is 0 Å². The van der Waals surface area contributed by atoms with Gasteiger partial charge in [-0.1, -0.05) is 19.8 Å². The van der Waals surface area contributed by atoms with Gasteiger partial charge in [0.1, 0.15) is 6.04 Å². The highest BCUT2D eigenvalue weighted by Crippen LogP contribution is 2.25. The number of carboxylic acid groups (broad SMARTS) is 1. The van der Waals surface area contributed by atoms with Gasteiger partial charge in [0.2, 0.25) is 0 Å². The van der Waals surface area contributed by atoms with Crippen LogP contribution in [0.15, 0.2) is 0 Å². The van der Waals surface area contributed by atoms with Gasteiger partial charge in [-0.15, -0.1) is 0 Å². The molecular weight excluding hydrogens is 256 g/mol. The normalized spacial score (nSPS) is 31.8. The summed E-state index contributed by atoms with van der Waals surface area (Å²) in [5.74, 6) is -0.358. The lowest BCUT2D eigenvalue weighted by Crippen LogP contribution is -2.55. The molecule has 2 heterocycles. The van der Waals surface area contributed by atoms with E-state index in [1.165, 1.54) is 0 Å². The zero-order valence-electron chi connectivity index (χ0n) is 12.5. The van der Waals surface area contributed by atoms with Crippen LogP contribution < -0.4 is 0 Å². The Morgan fingerprint density at radius 3 is 2.45 bits per heavy atom. The van der Waals surface area contributed by atoms with Gasteiger partial charge < -0.3 is 14.9 Å². The van der Waals surface area contributed by atoms with Crippen LogP contribution in [0, 0.1) is 5.92 Å². The molecule has 20 heavy (non-hydrogen) atoms. The lowest BCUT2D eigenvalue weighted by Gasteiger charge is -2.41. The van der Waals surface area contributed by atoms with Crippen molar-refractivity contribution in [2.75, 3.05) is 13.1 Å². The summed E-state index contributed by atoms with van der Waals surface area (Å²) in [5.41, 5.74) is 0. The van der Waals surface area contributed by atoms with Gasteiger partial charge >= 0.3 is 12.0 Å². The van der Waals surface area contributed by atoms with Gasteiger partial charge in [-0.05, 0) is 38.5 Å². The van der Waals surface area contributed by atoms with Gasteiger partial charge in [0.15, 0.2) is 0 Å². The maximum Gasteiger partial charge on any atom is 0.326 e. The molecule has 2 saturated heterocycles. The zero-order valence-corrected chi connectivity index (χ0v) is 12.5. The van der Waals surface area contributed by atoms with Gasteiger partial charge in [-0.3, -0.25) is 0 Å². The van der Waals surface area contributed by atoms with Crippen LogP contribution in [0.2, 0.25) is 0 Å². The number of urea groups is 1. The van der Waals surface area contributed by atoms with Gasteiger partial charge in [0.25, 0.3) is 0 Å². The van der Waals surface area contributed by atoms with Gasteiger partial charge in [-0.2, -0.15) is 0 Å². The van der Waals surface area contributed by atoms with E-state index in [9.17, 15) is 14.7 Å². The molecule has 0 spiro atoms. The van der Waals surface area contributed by atoms with Gasteiger partial charge in [-0.25, -0.2) is 9.59 Å². The predicted molar refractivity (Wildman–Crippen MR) is 76.6 cm³/mol. The van der Waals surface area contributed by atoms with Crippen molar-refractivity contribution in [3.05, 3.63) is 0 Å². The smallest absolute Gasteiger partial charge is 0.326 e. The molecule has 0 aromatic carbocycles. The average Bonchev–Trinajstić information content (AvgIpc) is 2.66. The van der Waals surface area contributed by atoms with Crippen LogP contribution >= 0.6 is 0 Å². The van der Waals surface area contributed by atoms with Crippen LogP contribution in [0.5, 0.6) is 0 Å². The van der Waals surface area contributed by atoms with Gasteiger partial charge in [0.05, 0.1) is 0 Å². The number of nitrogens with zero attached hydrogens (tertiary/aromatic N) is 2. The first-order valence-corrected chi connectivity index (χ1v) is 7.80. The number of rotatable bonds is 1. The monoisotopic (exact) mass is 282 g/mol. The molecule has 2 rings (SSSR count). The highest BCUT2D eigenvalue weighted by Gasteiger charge is 2.36. The molecular formula is C15H26N2O3. The predicted octanol–water partition coefficient (Wildman–Crippen LogP) is 2.56. The molecule has 0 aromatic rings. The van der Waals surface area contributed by atoms with Crippen LogP contribution in [-0.2, 0) is 4.79 Å². The molecule has 0 aromatic heterocycles. The summed E-state index contributed by atoms with van der Waals surface area (Å²) in [5, 5.41) is 9.39. The van der Waals surface area contributed by atoms with E-state index in [-0.39, 0.29) is 12.1 Å². The fourth-order valence-electron chi connectivity index (χ4n) is 3.31. The summed E-state index contributed by atoms with van der Waals surface area (Å²) >= 11 is 0. The molecule has 5 heteroatoms. The van der Waals surface area contributed by atoms with Crippen molar-refractivity contribution in [3.63, 3.8) is 0 Å². The third kappa shape index (κ3) is 3.25. The van der Waals surface area contributed by atoms with Crippen molar-refractivity contribution in [1.82, 2.24) is 9.80 Å². The molecule has 0 radical (unpaired) electrons. The van der Waals surface area contributed by atoms with Crippen molar-refractivity contribution in [1.29, 1.82) is 0 Å². The van der Waals surface area contributed by atoms with Crippen LogP contribution in [0.25, 0.3) is 0 Å². The SMILES string of the molecule is CC1CCC(C)N(C(=O)N2CCCCCC2C(=O)O)C1. The van der Waals surface area contributed by atoms with Crippen LogP contribution in [0.4, 0.5) is 4.79 Å². The Hall–Kier alpha value is -1.26. The largest absolute Gasteiger partial charge is 0.480 e. The minimum Gasteiger partial charge on any atom is -0.480 e. The first-order valence-electron chi connectivity index (χ1n) is 7.80. The molecule has 114 valence electrons. The van der Waals surface area contributed by atoms with E-state index in [0.717, 1.165) is 38.6 Å². The second-order valence-corrected chi connectivity index (χ2v) is 6.36. The van der Waals surface area contributed by atoms with E-state index in [1.807, 2.05) is 4.90 Å². The molecule has 0 aliphatic carbocycles. The van der Waals surface area contributed by atoms with E-state index in [0.29, 0.717) is 18.9 Å². The Morgan fingerprint density at radius 2 is 1.75 bits per heavy atom. The Balaban J connectivity index is 2.13. The summed E-state index contributed by atoms with van der Waals surface area (Å²) in [6, 6.07) is -0.496. The summed E-state index contributed by atoms with van der Waals surface area (Å²) in [6.45, 7) is 5.55. The molecule has 1 N–H and O–H groups in total. The third-order valence-corrected chi connectivity index (χ3v) is 4.65. The van der Waals surface area contributed by atoms with Crippen LogP contribution in [-0.4, -0.2) is 52.1 Å². The summed E-state index contributed by atoms with van der Waals surface area (Å²) < 4.78 is 0. The van der Waals surface area contributed by atoms with Crippen molar-refractivity contribution in [2.24, 2.45) is 5.92 Å². The van der Waals surface area contributed by atoms with E-state index < -0.39 is 12.0 Å². The minimum atomic E-state index is -0.863. The van der Waals surface area contributed by atoms with Crippen molar-refractivity contribution < 1.29 is 14.7 Å². The van der Waals surface area contributed by atoms with E-state index in [1.54, 1.807) is 4.90 Å². The number of hydrogen-bond donors (Lipinski definition) is 1. The second kappa shape index (κ2) is 6.46. The van der Waals surface area contributed by atoms with Crippen LogP contribution in [0.3, 0.4) is 0 Å². The maximum absolute atomic E-state index is 12.8. The van der Waals surface area contributed by atoms with Crippen LogP contribution in [0.1, 0.15) is 52.4 Å². The van der Waals surface area contributed by atoms with Crippen molar-refractivity contribution >= 4 is 12.0 Å². The van der Waals surface area contributed by atoms with E-state index in [2.05, 4.69) is 13.8 Å². The van der Waals surface area contributed by atoms with E-state index >= 15 is 0 Å². The molecule has 2 aliphatic rings. The number of amides is 2. The fourth-order valence-corrected chi connectivity index (χ4v) is 3.31. The minimum absolute atomic E-state index is 0.0710. The number of piperidine rings is 1. The third-order valence-electron chi connectivity index (χ3n) is 4.65. The Bertz CT molecular complexity index is 372. The number of hydrogen-bond acceptors (Lipinski definition) is 2. The molecule has 0 saturated carbocycles. The van der Waals surface area contributed by atoms with Crippen molar-refractivity contribution in [2.45, 2.75) is 64.5 Å². The first-order chi connectivity index (χ1) is 9.50. The molecule has 5 nitrogen and oxygen atoms in total. The summed E-state index contributed by atoms with van der Waals surface area (Å²) in [6.07, 6.45) is 5.56. The number of likely N-dealkylation sites (tertiary alicyclic amines) is 2. The number of carboxylic acids is 1. The maximum atomic E-state index is 12.8. The lowest BCUT2D eigenvalue weighted by atomic mass is 9.95. The zero-order chi connectivity index (χ0) is 14.7. The lowest BCUT2D eigenvalue weighted by molar-refractivity contribution is -0.142. The second-order valence-electron chi connectivity index (χ2n) is 6.36. The fraction of sp³-hybridized carbons (Fsp3) is 0.867. The van der Waals surface area contributed by atoms with Gasteiger partial charge in [0, 0.05) is 19.1 Å². The standard InChI is InChI=1S/C15H26N2O3/c1-11-7-8-12(2)17(10-11)15(20)16-9-5-3-4-6-13(16)14(18)19/h11-13H,3-10H2,1-2H3,(H,18,19).